The highest BCUT2D eigenvalue weighted by atomic mass is 16.2. The molecule has 8 aromatic heterocycles. The lowest BCUT2D eigenvalue weighted by Crippen LogP contribution is -2.27. The molecule has 0 spiro atoms. The predicted molar refractivity (Wildman–Crippen MR) is 301 cm³/mol. The van der Waals surface area contributed by atoms with Crippen molar-refractivity contribution in [1.29, 1.82) is 0 Å². The Balaban J connectivity index is 0.785. The van der Waals surface area contributed by atoms with Crippen LogP contribution < -0.4 is 53.6 Å². The van der Waals surface area contributed by atoms with Crippen molar-refractivity contribution in [3.8, 4) is 0 Å². The number of amides is 9. The average molecular weight is 1120 g/mol. The maximum Gasteiger partial charge on any atom is 0.292 e. The van der Waals surface area contributed by atoms with Crippen molar-refractivity contribution in [3.63, 3.8) is 0 Å². The molecule has 0 aliphatic rings. The summed E-state index contributed by atoms with van der Waals surface area (Å²) in [6, 6.07) is 7.50. The lowest BCUT2D eigenvalue weighted by molar-refractivity contribution is -0.116. The summed E-state index contributed by atoms with van der Waals surface area (Å²) >= 11 is 0. The van der Waals surface area contributed by atoms with E-state index in [9.17, 15) is 43.2 Å². The summed E-state index contributed by atoms with van der Waals surface area (Å²) in [6.45, 7) is 0.817. The number of hydrogen-bond donors (Lipinski definition) is 10. The fourth-order valence-corrected chi connectivity index (χ4v) is 8.72. The Morgan fingerprint density at radius 2 is 0.854 bits per heavy atom. The van der Waals surface area contributed by atoms with Gasteiger partial charge in [0, 0.05) is 132 Å². The topological polar surface area (TPSA) is 366 Å². The first kappa shape index (κ1) is 57.4. The third-order valence-corrected chi connectivity index (χ3v) is 12.8. The summed E-state index contributed by atoms with van der Waals surface area (Å²) in [6.07, 6.45) is 14.7. The van der Waals surface area contributed by atoms with E-state index in [0.717, 1.165) is 0 Å². The number of anilines is 7. The molecule has 0 atom stereocenters. The molecule has 0 radical (unpaired) electrons. The average Bonchev–Trinajstić information content (AvgIpc) is 4.47. The minimum absolute atomic E-state index is 0.00614. The molecule has 11 N–H and O–H groups in total. The number of rotatable bonds is 22. The van der Waals surface area contributed by atoms with E-state index in [0.29, 0.717) is 48.0 Å². The number of aromatic nitrogens is 11. The van der Waals surface area contributed by atoms with Gasteiger partial charge < -0.3 is 90.1 Å². The first-order chi connectivity index (χ1) is 39.1. The fraction of sp³-hybridized carbons (Fsp3) is 0.269. The summed E-state index contributed by atoms with van der Waals surface area (Å²) in [7, 11) is 12.9. The SMILES string of the molecule is CNC(=O)c1cc(NC(=O)c2cc(NC(=O)c3cc(NC(=O)c4nc(NC(=O)CCCNC(=O)c5cc(NC(=O)c6cc(NC(=O)c7nc(NC(=O)c8nccn8C)cn7C)cn6CCCN)cn5C)cn4C)cn3C)cn2C)cn1C. The van der Waals surface area contributed by atoms with Gasteiger partial charge in [-0.2, -0.15) is 0 Å². The number of nitrogens with one attached hydrogen (secondary N) is 9. The molecule has 0 fully saturated rings. The molecule has 0 aliphatic carbocycles. The molecule has 82 heavy (non-hydrogen) atoms. The highest BCUT2D eigenvalue weighted by Crippen LogP contribution is 2.23. The second-order valence-corrected chi connectivity index (χ2v) is 19.0. The Hall–Kier alpha value is -10.8. The van der Waals surface area contributed by atoms with Crippen molar-refractivity contribution in [2.24, 2.45) is 55.1 Å². The van der Waals surface area contributed by atoms with Crippen molar-refractivity contribution in [2.45, 2.75) is 25.8 Å². The van der Waals surface area contributed by atoms with Crippen LogP contribution in [0.5, 0.6) is 0 Å². The first-order valence-electron chi connectivity index (χ1n) is 25.4. The Morgan fingerprint density at radius 1 is 0.439 bits per heavy atom. The zero-order valence-corrected chi connectivity index (χ0v) is 46.0. The van der Waals surface area contributed by atoms with Crippen LogP contribution in [0.15, 0.2) is 86.1 Å². The van der Waals surface area contributed by atoms with E-state index in [2.05, 4.69) is 62.8 Å². The van der Waals surface area contributed by atoms with Gasteiger partial charge in [-0.15, -0.1) is 0 Å². The van der Waals surface area contributed by atoms with E-state index < -0.39 is 47.3 Å². The first-order valence-corrected chi connectivity index (χ1v) is 25.4. The van der Waals surface area contributed by atoms with Gasteiger partial charge in [-0.05, 0) is 49.7 Å². The van der Waals surface area contributed by atoms with Crippen molar-refractivity contribution in [2.75, 3.05) is 57.4 Å². The minimum atomic E-state index is -0.623. The van der Waals surface area contributed by atoms with Crippen molar-refractivity contribution < 1.29 is 43.2 Å². The van der Waals surface area contributed by atoms with Crippen molar-refractivity contribution in [1.82, 2.24) is 62.1 Å². The molecule has 0 bridgehead atoms. The highest BCUT2D eigenvalue weighted by Gasteiger charge is 2.24. The van der Waals surface area contributed by atoms with Crippen LogP contribution >= 0.6 is 0 Å². The van der Waals surface area contributed by atoms with E-state index in [1.165, 1.54) is 78.9 Å². The Bertz CT molecular complexity index is 3800. The normalized spacial score (nSPS) is 11.0. The van der Waals surface area contributed by atoms with Gasteiger partial charge in [-0.25, -0.2) is 15.0 Å². The van der Waals surface area contributed by atoms with E-state index in [1.807, 2.05) is 0 Å². The third-order valence-electron chi connectivity index (χ3n) is 12.8. The molecule has 428 valence electrons. The summed E-state index contributed by atoms with van der Waals surface area (Å²) in [5.41, 5.74) is 8.61. The van der Waals surface area contributed by atoms with Gasteiger partial charge in [-0.3, -0.25) is 43.2 Å². The second-order valence-electron chi connectivity index (χ2n) is 19.0. The van der Waals surface area contributed by atoms with Crippen molar-refractivity contribution >= 4 is 93.2 Å². The Kier molecular flexibility index (Phi) is 17.1. The molecule has 0 saturated heterocycles. The molecule has 0 aromatic carbocycles. The van der Waals surface area contributed by atoms with E-state index >= 15 is 0 Å². The van der Waals surface area contributed by atoms with Crippen LogP contribution in [-0.4, -0.2) is 125 Å². The second kappa shape index (κ2) is 24.5. The van der Waals surface area contributed by atoms with Gasteiger partial charge in [0.25, 0.3) is 47.3 Å². The highest BCUT2D eigenvalue weighted by molar-refractivity contribution is 6.10. The van der Waals surface area contributed by atoms with E-state index in [-0.39, 0.29) is 82.9 Å². The number of carbonyl (C=O) groups excluding carboxylic acids is 9. The molecule has 8 heterocycles. The molecule has 8 aromatic rings. The van der Waals surface area contributed by atoms with Crippen LogP contribution in [0.25, 0.3) is 0 Å². The maximum atomic E-state index is 13.7. The molecular formula is C52H61N21O9. The minimum Gasteiger partial charge on any atom is -0.354 e. The quantitative estimate of drug-likeness (QED) is 0.0437. The Morgan fingerprint density at radius 3 is 1.32 bits per heavy atom. The lowest BCUT2D eigenvalue weighted by atomic mass is 10.3. The number of carbonyl (C=O) groups is 9. The largest absolute Gasteiger partial charge is 0.354 e. The van der Waals surface area contributed by atoms with Crippen molar-refractivity contribution in [3.05, 3.63) is 132 Å². The number of aryl methyl sites for hydroxylation is 8. The van der Waals surface area contributed by atoms with Gasteiger partial charge in [-0.1, -0.05) is 0 Å². The van der Waals surface area contributed by atoms with Crippen LogP contribution in [0.4, 0.5) is 40.1 Å². The molecular weight excluding hydrogens is 1060 g/mol. The maximum absolute atomic E-state index is 13.7. The zero-order valence-electron chi connectivity index (χ0n) is 46.0. The van der Waals surface area contributed by atoms with Crippen LogP contribution in [0.1, 0.15) is 104 Å². The lowest BCUT2D eigenvalue weighted by Gasteiger charge is -2.08. The summed E-state index contributed by atoms with van der Waals surface area (Å²) in [5.74, 6) is -4.09. The van der Waals surface area contributed by atoms with Crippen LogP contribution in [0, 0.1) is 0 Å². The third kappa shape index (κ3) is 13.2. The summed E-state index contributed by atoms with van der Waals surface area (Å²) in [4.78, 5) is 130. The smallest absolute Gasteiger partial charge is 0.292 e. The summed E-state index contributed by atoms with van der Waals surface area (Å²) < 4.78 is 12.2. The standard InChI is InChI=1S/C52H61N21O9/c1-54-45(75)34-17-29(22-67(34)3)57-47(77)36-19-31(24-69(36)5)58-48(78)37-20-32(25-70(37)6)60-51(81)43-63-39(27-71(43)7)62-41(74)11-9-13-56-46(76)35-18-30(23-68(35)4)59-49(79)38-21-33(26-73(38)15-10-12-53)61-52(82)44-64-40(28-72(44)8)65-50(80)42-55-14-16-66(42)2/h14,16-28H,9-13,15,53H2,1-8H3,(H,54,75)(H,56,76)(H,57,77)(H,58,78)(H,59,79)(H,60,81)(H,61,82)(H,62,74)(H,65,80). The molecule has 30 nitrogen and oxygen atoms in total. The Labute approximate surface area is 467 Å². The molecule has 9 amide bonds. The number of hydrogen-bond acceptors (Lipinski definition) is 13. The van der Waals surface area contributed by atoms with E-state index in [1.54, 1.807) is 100 Å². The van der Waals surface area contributed by atoms with Gasteiger partial charge in [0.2, 0.25) is 17.6 Å². The van der Waals surface area contributed by atoms with Gasteiger partial charge in [0.05, 0.1) is 28.4 Å². The molecule has 0 unspecified atom stereocenters. The predicted octanol–water partition coefficient (Wildman–Crippen LogP) is 2.41. The summed E-state index contributed by atoms with van der Waals surface area (Å²) in [5, 5.41) is 24.4. The zero-order chi connectivity index (χ0) is 59.1. The number of imidazole rings is 3. The van der Waals surface area contributed by atoms with E-state index in [4.69, 9.17) is 5.73 Å². The monoisotopic (exact) mass is 1120 g/mol. The molecule has 0 saturated carbocycles. The van der Waals surface area contributed by atoms with Crippen LogP contribution in [0.2, 0.25) is 0 Å². The van der Waals surface area contributed by atoms with Crippen LogP contribution in [0.3, 0.4) is 0 Å². The van der Waals surface area contributed by atoms with Gasteiger partial charge in [0.15, 0.2) is 17.5 Å². The van der Waals surface area contributed by atoms with Crippen LogP contribution in [-0.2, 0) is 60.7 Å². The van der Waals surface area contributed by atoms with Gasteiger partial charge in [0.1, 0.15) is 28.5 Å². The number of nitrogens with zero attached hydrogens (tertiary/aromatic N) is 11. The fourth-order valence-electron chi connectivity index (χ4n) is 8.72. The molecule has 0 aliphatic heterocycles. The number of nitrogens with two attached hydrogens (primary N) is 1. The van der Waals surface area contributed by atoms with Gasteiger partial charge >= 0.3 is 0 Å². The molecule has 8 rings (SSSR count). The molecule has 30 heteroatoms.